The van der Waals surface area contributed by atoms with Crippen LogP contribution in [0.5, 0.6) is 11.5 Å². The Morgan fingerprint density at radius 2 is 1.87 bits per heavy atom. The quantitative estimate of drug-likeness (QED) is 0.517. The van der Waals surface area contributed by atoms with Crippen molar-refractivity contribution in [2.75, 3.05) is 31.4 Å². The molecular formula is C22H22N3O5S-. The molecule has 0 aliphatic heterocycles. The van der Waals surface area contributed by atoms with Crippen molar-refractivity contribution in [3.63, 3.8) is 0 Å². The molecule has 0 aliphatic rings. The molecule has 3 rings (SSSR count). The minimum atomic E-state index is -2.48. The van der Waals surface area contributed by atoms with Crippen LogP contribution in [0.4, 0.5) is 11.4 Å². The standard InChI is InChI=1S/C22H23N3O5S/c1-14-6-9-19(31(27)28)16(11-14)21-17(29-2)7-8-18(30-3)22(21)24-13-20(26)25-15-5-4-10-23-12-15/h4-12,24H,13H2,1-3H3,(H,25,26)(H,27,28)/p-1. The average Bonchev–Trinajstić information content (AvgIpc) is 2.77. The third kappa shape index (κ3) is 5.19. The number of nitrogens with zero attached hydrogens (tertiary/aromatic N) is 1. The van der Waals surface area contributed by atoms with Crippen molar-refractivity contribution in [3.05, 3.63) is 60.4 Å². The lowest BCUT2D eigenvalue weighted by atomic mass is 9.99. The van der Waals surface area contributed by atoms with Crippen LogP contribution in [0.1, 0.15) is 5.56 Å². The summed E-state index contributed by atoms with van der Waals surface area (Å²) in [7, 11) is 2.99. The monoisotopic (exact) mass is 440 g/mol. The number of carbonyl (C=O) groups is 1. The largest absolute Gasteiger partial charge is 0.768 e. The van der Waals surface area contributed by atoms with Crippen LogP contribution in [0.25, 0.3) is 11.1 Å². The Morgan fingerprint density at radius 1 is 1.13 bits per heavy atom. The minimum Gasteiger partial charge on any atom is -0.768 e. The number of nitrogens with one attached hydrogen (secondary N) is 2. The molecule has 0 fully saturated rings. The molecule has 0 radical (unpaired) electrons. The molecule has 0 saturated heterocycles. The van der Waals surface area contributed by atoms with E-state index in [2.05, 4.69) is 15.6 Å². The molecule has 2 N–H and O–H groups in total. The lowest BCUT2D eigenvalue weighted by molar-refractivity contribution is -0.114. The number of rotatable bonds is 8. The van der Waals surface area contributed by atoms with Gasteiger partial charge in [0.2, 0.25) is 5.91 Å². The molecule has 1 heterocycles. The number of anilines is 2. The van der Waals surface area contributed by atoms with E-state index in [1.54, 1.807) is 42.6 Å². The Balaban J connectivity index is 2.03. The van der Waals surface area contributed by atoms with E-state index in [4.69, 9.17) is 9.47 Å². The number of carbonyl (C=O) groups excluding carboxylic acids is 1. The summed E-state index contributed by atoms with van der Waals surface area (Å²) >= 11 is -2.48. The van der Waals surface area contributed by atoms with Gasteiger partial charge in [-0.2, -0.15) is 0 Å². The van der Waals surface area contributed by atoms with Crippen molar-refractivity contribution in [2.24, 2.45) is 0 Å². The van der Waals surface area contributed by atoms with Crippen molar-refractivity contribution >= 4 is 28.4 Å². The molecule has 0 aliphatic carbocycles. The first-order chi connectivity index (χ1) is 14.9. The van der Waals surface area contributed by atoms with Crippen LogP contribution < -0.4 is 20.1 Å². The molecule has 1 aromatic heterocycles. The van der Waals surface area contributed by atoms with E-state index in [-0.39, 0.29) is 17.3 Å². The Hall–Kier alpha value is -3.43. The highest BCUT2D eigenvalue weighted by atomic mass is 32.2. The number of methoxy groups -OCH3 is 2. The predicted molar refractivity (Wildman–Crippen MR) is 118 cm³/mol. The summed E-state index contributed by atoms with van der Waals surface area (Å²) in [5.41, 5.74) is 2.81. The van der Waals surface area contributed by atoms with Crippen LogP contribution in [0.3, 0.4) is 0 Å². The van der Waals surface area contributed by atoms with Gasteiger partial charge >= 0.3 is 0 Å². The van der Waals surface area contributed by atoms with E-state index in [0.29, 0.717) is 34.0 Å². The Bertz CT molecular complexity index is 1110. The highest BCUT2D eigenvalue weighted by molar-refractivity contribution is 7.79. The summed E-state index contributed by atoms with van der Waals surface area (Å²) in [5, 5.41) is 5.81. The zero-order chi connectivity index (χ0) is 22.4. The number of aryl methyl sites for hydroxylation is 1. The molecule has 1 amide bonds. The van der Waals surface area contributed by atoms with Crippen LogP contribution in [-0.2, 0) is 15.9 Å². The molecule has 31 heavy (non-hydrogen) atoms. The lowest BCUT2D eigenvalue weighted by Crippen LogP contribution is -2.22. The van der Waals surface area contributed by atoms with E-state index in [1.165, 1.54) is 26.5 Å². The lowest BCUT2D eigenvalue weighted by Gasteiger charge is -2.21. The molecular weight excluding hydrogens is 418 g/mol. The summed E-state index contributed by atoms with van der Waals surface area (Å²) in [5.74, 6) is 0.572. The Labute approximate surface area is 182 Å². The zero-order valence-corrected chi connectivity index (χ0v) is 18.1. The maximum atomic E-state index is 12.4. The summed E-state index contributed by atoms with van der Waals surface area (Å²) < 4.78 is 34.7. The first-order valence-electron chi connectivity index (χ1n) is 9.33. The molecule has 0 saturated carbocycles. The van der Waals surface area contributed by atoms with Crippen molar-refractivity contribution in [1.82, 2.24) is 4.98 Å². The number of ether oxygens (including phenoxy) is 2. The first kappa shape index (κ1) is 22.3. The first-order valence-corrected chi connectivity index (χ1v) is 10.4. The Morgan fingerprint density at radius 3 is 2.52 bits per heavy atom. The van der Waals surface area contributed by atoms with Gasteiger partial charge in [-0.25, -0.2) is 0 Å². The van der Waals surface area contributed by atoms with Crippen LogP contribution in [0, 0.1) is 6.92 Å². The fourth-order valence-corrected chi connectivity index (χ4v) is 3.66. The third-order valence-electron chi connectivity index (χ3n) is 4.52. The number of aromatic nitrogens is 1. The van der Waals surface area contributed by atoms with E-state index in [0.717, 1.165) is 5.56 Å². The van der Waals surface area contributed by atoms with Gasteiger partial charge in [-0.05, 0) is 48.3 Å². The molecule has 3 aromatic rings. The molecule has 0 spiro atoms. The second-order valence-electron chi connectivity index (χ2n) is 6.60. The van der Waals surface area contributed by atoms with Gasteiger partial charge < -0.3 is 24.7 Å². The van der Waals surface area contributed by atoms with Crippen LogP contribution in [0.2, 0.25) is 0 Å². The van der Waals surface area contributed by atoms with Gasteiger partial charge in [0.05, 0.1) is 43.9 Å². The van der Waals surface area contributed by atoms with Gasteiger partial charge in [-0.3, -0.25) is 14.0 Å². The Kier molecular flexibility index (Phi) is 7.22. The molecule has 9 heteroatoms. The van der Waals surface area contributed by atoms with Crippen LogP contribution >= 0.6 is 0 Å². The van der Waals surface area contributed by atoms with E-state index < -0.39 is 11.1 Å². The highest BCUT2D eigenvalue weighted by Crippen LogP contribution is 2.44. The normalized spacial score (nSPS) is 11.5. The smallest absolute Gasteiger partial charge is 0.243 e. The van der Waals surface area contributed by atoms with Crippen molar-refractivity contribution in [2.45, 2.75) is 11.8 Å². The summed E-state index contributed by atoms with van der Waals surface area (Å²) in [6, 6.07) is 11.8. The minimum absolute atomic E-state index is 0.0902. The molecule has 8 nitrogen and oxygen atoms in total. The van der Waals surface area contributed by atoms with Gasteiger partial charge in [0.1, 0.15) is 11.5 Å². The maximum absolute atomic E-state index is 12.4. The van der Waals surface area contributed by atoms with Gasteiger partial charge in [0.15, 0.2) is 0 Å². The fourth-order valence-electron chi connectivity index (χ4n) is 3.14. The van der Waals surface area contributed by atoms with Gasteiger partial charge in [-0.1, -0.05) is 17.7 Å². The number of pyridine rings is 1. The van der Waals surface area contributed by atoms with Crippen LogP contribution in [0.15, 0.2) is 59.8 Å². The molecule has 162 valence electrons. The highest BCUT2D eigenvalue weighted by Gasteiger charge is 2.20. The fraction of sp³-hybridized carbons (Fsp3) is 0.182. The number of hydrogen-bond acceptors (Lipinski definition) is 7. The SMILES string of the molecule is COc1ccc(OC)c(-c2cc(C)ccc2S(=O)[O-])c1NCC(=O)Nc1cccnc1. The number of amides is 1. The molecule has 2 aromatic carbocycles. The summed E-state index contributed by atoms with van der Waals surface area (Å²) in [6.07, 6.45) is 3.15. The van der Waals surface area contributed by atoms with Gasteiger partial charge in [0.25, 0.3) is 0 Å². The van der Waals surface area contributed by atoms with Gasteiger partial charge in [-0.15, -0.1) is 0 Å². The molecule has 1 atom stereocenters. The molecule has 1 unspecified atom stereocenters. The zero-order valence-electron chi connectivity index (χ0n) is 17.3. The summed E-state index contributed by atoms with van der Waals surface area (Å²) in [6.45, 7) is 1.77. The number of benzene rings is 2. The number of hydrogen-bond donors (Lipinski definition) is 2. The second-order valence-corrected chi connectivity index (χ2v) is 7.51. The third-order valence-corrected chi connectivity index (χ3v) is 5.24. The summed E-state index contributed by atoms with van der Waals surface area (Å²) in [4.78, 5) is 16.5. The van der Waals surface area contributed by atoms with Gasteiger partial charge in [0, 0.05) is 16.7 Å². The van der Waals surface area contributed by atoms with E-state index in [1.807, 2.05) is 6.92 Å². The predicted octanol–water partition coefficient (Wildman–Crippen LogP) is 3.36. The van der Waals surface area contributed by atoms with Crippen molar-refractivity contribution in [3.8, 4) is 22.6 Å². The second kappa shape index (κ2) is 10.1. The van der Waals surface area contributed by atoms with E-state index in [9.17, 15) is 13.6 Å². The average molecular weight is 441 g/mol. The maximum Gasteiger partial charge on any atom is 0.243 e. The van der Waals surface area contributed by atoms with Crippen molar-refractivity contribution in [1.29, 1.82) is 0 Å². The topological polar surface area (TPSA) is 113 Å². The molecule has 0 bridgehead atoms. The van der Waals surface area contributed by atoms with E-state index >= 15 is 0 Å². The van der Waals surface area contributed by atoms with Crippen LogP contribution in [-0.4, -0.2) is 40.4 Å². The van der Waals surface area contributed by atoms with Crippen molar-refractivity contribution < 1.29 is 23.0 Å².